The zero-order valence-corrected chi connectivity index (χ0v) is 25.1. The minimum atomic E-state index is -0.493. The van der Waals surface area contributed by atoms with Gasteiger partial charge in [-0.25, -0.2) is 0 Å². The Morgan fingerprint density at radius 2 is 1.31 bits per heavy atom. The number of carbonyl (C=O) groups is 3. The summed E-state index contributed by atoms with van der Waals surface area (Å²) in [7, 11) is 0. The molecule has 0 radical (unpaired) electrons. The highest BCUT2D eigenvalue weighted by atomic mass is 32.2. The van der Waals surface area contributed by atoms with E-state index in [1.807, 2.05) is 97.1 Å². The van der Waals surface area contributed by atoms with Crippen molar-refractivity contribution in [3.63, 3.8) is 0 Å². The van der Waals surface area contributed by atoms with Gasteiger partial charge in [0.25, 0.3) is 11.8 Å². The Kier molecular flexibility index (Phi) is 10.8. The third kappa shape index (κ3) is 9.71. The molecular weight excluding hydrogens is 582 g/mol. The quantitative estimate of drug-likeness (QED) is 0.101. The van der Waals surface area contributed by atoms with Crippen LogP contribution in [-0.2, 0) is 16.2 Å². The second-order valence-corrected chi connectivity index (χ2v) is 11.0. The summed E-state index contributed by atoms with van der Waals surface area (Å²) in [5.74, 6) is -0.149. The van der Waals surface area contributed by atoms with Crippen molar-refractivity contribution in [1.82, 2.24) is 5.32 Å². The molecule has 5 aromatic rings. The van der Waals surface area contributed by atoms with Crippen molar-refractivity contribution in [2.24, 2.45) is 0 Å². The van der Waals surface area contributed by atoms with Crippen LogP contribution in [-0.4, -0.2) is 23.5 Å². The summed E-state index contributed by atoms with van der Waals surface area (Å²) in [6, 6.07) is 42.3. The SMILES string of the molecule is O=C(CSc1cccc(NC(=O)/C(=C/c2ccc(OCc3ccccc3)cc2)NC(=O)c2ccccc2)c1)Nc1ccccc1. The fraction of sp³-hybridized carbons (Fsp3) is 0.0541. The van der Waals surface area contributed by atoms with Gasteiger partial charge in [-0.05, 0) is 71.8 Å². The van der Waals surface area contributed by atoms with Crippen LogP contribution < -0.4 is 20.7 Å². The number of hydrogen-bond donors (Lipinski definition) is 3. The first-order valence-electron chi connectivity index (χ1n) is 14.3. The van der Waals surface area contributed by atoms with E-state index in [4.69, 9.17) is 4.74 Å². The highest BCUT2D eigenvalue weighted by Gasteiger charge is 2.16. The van der Waals surface area contributed by atoms with Gasteiger partial charge >= 0.3 is 0 Å². The Bertz CT molecular complexity index is 1760. The Hall–Kier alpha value is -5.60. The number of amides is 3. The molecule has 224 valence electrons. The predicted molar refractivity (Wildman–Crippen MR) is 180 cm³/mol. The van der Waals surface area contributed by atoms with Crippen LogP contribution in [0.2, 0.25) is 0 Å². The molecule has 0 unspecified atom stereocenters. The van der Waals surface area contributed by atoms with Crippen LogP contribution in [0, 0.1) is 0 Å². The number of nitrogens with one attached hydrogen (secondary N) is 3. The Labute approximate surface area is 266 Å². The van der Waals surface area contributed by atoms with E-state index in [0.717, 1.165) is 16.1 Å². The zero-order chi connectivity index (χ0) is 31.3. The van der Waals surface area contributed by atoms with Gasteiger partial charge in [-0.1, -0.05) is 84.9 Å². The Morgan fingerprint density at radius 3 is 2.02 bits per heavy atom. The van der Waals surface area contributed by atoms with Crippen molar-refractivity contribution in [3.05, 3.63) is 162 Å². The fourth-order valence-electron chi connectivity index (χ4n) is 4.24. The lowest BCUT2D eigenvalue weighted by Crippen LogP contribution is -2.30. The molecule has 0 bridgehead atoms. The van der Waals surface area contributed by atoms with Gasteiger partial charge in [-0.3, -0.25) is 14.4 Å². The monoisotopic (exact) mass is 613 g/mol. The normalized spacial score (nSPS) is 10.9. The zero-order valence-electron chi connectivity index (χ0n) is 24.3. The van der Waals surface area contributed by atoms with E-state index in [1.54, 1.807) is 48.5 Å². The minimum Gasteiger partial charge on any atom is -0.489 e. The standard InChI is InChI=1S/C37H31N3O4S/c41-35(38-30-15-8-3-9-16-30)26-45-33-18-10-17-31(24-33)39-37(43)34(40-36(42)29-13-6-2-7-14-29)23-27-19-21-32(22-20-27)44-25-28-11-4-1-5-12-28/h1-24H,25-26H2,(H,38,41)(H,39,43)(H,40,42)/b34-23-. The molecule has 5 aromatic carbocycles. The van der Waals surface area contributed by atoms with E-state index in [-0.39, 0.29) is 17.4 Å². The number of carbonyl (C=O) groups excluding carboxylic acids is 3. The molecule has 0 heterocycles. The van der Waals surface area contributed by atoms with Crippen LogP contribution in [0.4, 0.5) is 11.4 Å². The molecule has 45 heavy (non-hydrogen) atoms. The van der Waals surface area contributed by atoms with Crippen molar-refractivity contribution in [2.75, 3.05) is 16.4 Å². The lowest BCUT2D eigenvalue weighted by molar-refractivity contribution is -0.114. The molecule has 0 saturated carbocycles. The molecular formula is C37H31N3O4S. The third-order valence-electron chi connectivity index (χ3n) is 6.49. The number of para-hydroxylation sites is 1. The molecule has 3 amide bonds. The summed E-state index contributed by atoms with van der Waals surface area (Å²) in [5.41, 5.74) is 3.51. The highest BCUT2D eigenvalue weighted by molar-refractivity contribution is 8.00. The molecule has 7 nitrogen and oxygen atoms in total. The lowest BCUT2D eigenvalue weighted by Gasteiger charge is -2.12. The Morgan fingerprint density at radius 1 is 0.667 bits per heavy atom. The first-order valence-corrected chi connectivity index (χ1v) is 15.2. The van der Waals surface area contributed by atoms with Gasteiger partial charge in [0.1, 0.15) is 18.1 Å². The van der Waals surface area contributed by atoms with E-state index in [2.05, 4.69) is 16.0 Å². The average molecular weight is 614 g/mol. The molecule has 3 N–H and O–H groups in total. The van der Waals surface area contributed by atoms with E-state index >= 15 is 0 Å². The summed E-state index contributed by atoms with van der Waals surface area (Å²) in [6.45, 7) is 0.436. The second kappa shape index (κ2) is 15.7. The Balaban J connectivity index is 1.27. The van der Waals surface area contributed by atoms with Crippen molar-refractivity contribution >= 4 is 46.9 Å². The smallest absolute Gasteiger partial charge is 0.272 e. The molecule has 8 heteroatoms. The number of rotatable bonds is 12. The largest absolute Gasteiger partial charge is 0.489 e. The van der Waals surface area contributed by atoms with Gasteiger partial charge in [0.2, 0.25) is 5.91 Å². The van der Waals surface area contributed by atoms with Crippen molar-refractivity contribution in [3.8, 4) is 5.75 Å². The number of thioether (sulfide) groups is 1. The lowest BCUT2D eigenvalue weighted by atomic mass is 10.1. The van der Waals surface area contributed by atoms with Gasteiger partial charge in [-0.15, -0.1) is 11.8 Å². The van der Waals surface area contributed by atoms with E-state index in [1.165, 1.54) is 11.8 Å². The maximum Gasteiger partial charge on any atom is 0.272 e. The second-order valence-electron chi connectivity index (χ2n) is 9.91. The average Bonchev–Trinajstić information content (AvgIpc) is 3.08. The van der Waals surface area contributed by atoms with Gasteiger partial charge in [-0.2, -0.15) is 0 Å². The van der Waals surface area contributed by atoms with E-state index in [0.29, 0.717) is 29.2 Å². The predicted octanol–water partition coefficient (Wildman–Crippen LogP) is 7.41. The van der Waals surface area contributed by atoms with Gasteiger partial charge in [0.05, 0.1) is 5.75 Å². The number of anilines is 2. The van der Waals surface area contributed by atoms with Crippen LogP contribution in [0.15, 0.2) is 150 Å². The molecule has 0 aliphatic rings. The van der Waals surface area contributed by atoms with E-state index < -0.39 is 11.8 Å². The fourth-order valence-corrected chi connectivity index (χ4v) is 4.99. The molecule has 0 saturated heterocycles. The van der Waals surface area contributed by atoms with Crippen LogP contribution in [0.5, 0.6) is 5.75 Å². The summed E-state index contributed by atoms with van der Waals surface area (Å²) in [4.78, 5) is 39.7. The van der Waals surface area contributed by atoms with Gasteiger partial charge in [0, 0.05) is 21.8 Å². The molecule has 0 aliphatic heterocycles. The van der Waals surface area contributed by atoms with Crippen LogP contribution in [0.1, 0.15) is 21.5 Å². The summed E-state index contributed by atoms with van der Waals surface area (Å²) in [5, 5.41) is 8.50. The molecule has 0 spiro atoms. The topological polar surface area (TPSA) is 96.5 Å². The van der Waals surface area contributed by atoms with Crippen LogP contribution in [0.25, 0.3) is 6.08 Å². The maximum atomic E-state index is 13.5. The van der Waals surface area contributed by atoms with Crippen molar-refractivity contribution in [2.45, 2.75) is 11.5 Å². The molecule has 0 fully saturated rings. The van der Waals surface area contributed by atoms with Crippen LogP contribution >= 0.6 is 11.8 Å². The van der Waals surface area contributed by atoms with Gasteiger partial charge in [0.15, 0.2) is 0 Å². The third-order valence-corrected chi connectivity index (χ3v) is 7.48. The number of hydrogen-bond acceptors (Lipinski definition) is 5. The highest BCUT2D eigenvalue weighted by Crippen LogP contribution is 2.23. The molecule has 0 aliphatic carbocycles. The van der Waals surface area contributed by atoms with Crippen molar-refractivity contribution in [1.29, 1.82) is 0 Å². The first kappa shape index (κ1) is 30.8. The van der Waals surface area contributed by atoms with Gasteiger partial charge < -0.3 is 20.7 Å². The number of ether oxygens (including phenoxy) is 1. The van der Waals surface area contributed by atoms with E-state index in [9.17, 15) is 14.4 Å². The molecule has 5 rings (SSSR count). The summed E-state index contributed by atoms with van der Waals surface area (Å²) >= 11 is 1.35. The first-order chi connectivity index (χ1) is 22.0. The molecule has 0 aromatic heterocycles. The minimum absolute atomic E-state index is 0.0714. The summed E-state index contributed by atoms with van der Waals surface area (Å²) in [6.07, 6.45) is 1.61. The van der Waals surface area contributed by atoms with Crippen LogP contribution in [0.3, 0.4) is 0 Å². The van der Waals surface area contributed by atoms with Crippen molar-refractivity contribution < 1.29 is 19.1 Å². The molecule has 0 atom stereocenters. The number of benzene rings is 5. The summed E-state index contributed by atoms with van der Waals surface area (Å²) < 4.78 is 5.88. The maximum absolute atomic E-state index is 13.5.